The van der Waals surface area contributed by atoms with Crippen LogP contribution in [0.15, 0.2) is 18.2 Å². The van der Waals surface area contributed by atoms with Crippen molar-refractivity contribution in [2.45, 2.75) is 49.8 Å². The van der Waals surface area contributed by atoms with Crippen molar-refractivity contribution in [3.8, 4) is 5.75 Å². The van der Waals surface area contributed by atoms with Gasteiger partial charge < -0.3 is 4.74 Å². The van der Waals surface area contributed by atoms with Gasteiger partial charge in [-0.15, -0.1) is 0 Å². The zero-order valence-corrected chi connectivity index (χ0v) is 12.3. The van der Waals surface area contributed by atoms with Gasteiger partial charge in [-0.1, -0.05) is 52.9 Å². The second-order valence-corrected chi connectivity index (χ2v) is 6.18. The van der Waals surface area contributed by atoms with E-state index in [1.165, 1.54) is 43.2 Å². The van der Waals surface area contributed by atoms with Crippen molar-refractivity contribution in [2.24, 2.45) is 0 Å². The standard InChI is InChI=1S/C15H21BrO/c1-11-8-9-15(17-2)13(10-11)12-6-4-3-5-7-14(12)16/h8-10,12,14H,3-7H2,1-2H3. The third-order valence-corrected chi connectivity index (χ3v) is 4.81. The average molecular weight is 297 g/mol. The smallest absolute Gasteiger partial charge is 0.122 e. The summed E-state index contributed by atoms with van der Waals surface area (Å²) in [4.78, 5) is 0.598. The van der Waals surface area contributed by atoms with Crippen LogP contribution in [0.25, 0.3) is 0 Å². The molecule has 1 aromatic carbocycles. The Labute approximate surface area is 113 Å². The molecule has 0 spiro atoms. The van der Waals surface area contributed by atoms with Crippen molar-refractivity contribution in [3.63, 3.8) is 0 Å². The highest BCUT2D eigenvalue weighted by Gasteiger charge is 2.25. The maximum Gasteiger partial charge on any atom is 0.122 e. The summed E-state index contributed by atoms with van der Waals surface area (Å²) in [7, 11) is 1.77. The molecule has 1 fully saturated rings. The minimum atomic E-state index is 0.598. The number of alkyl halides is 1. The lowest BCUT2D eigenvalue weighted by atomic mass is 9.90. The molecule has 0 radical (unpaired) electrons. The van der Waals surface area contributed by atoms with Crippen LogP contribution >= 0.6 is 15.9 Å². The zero-order chi connectivity index (χ0) is 12.3. The van der Waals surface area contributed by atoms with Crippen LogP contribution in [0.4, 0.5) is 0 Å². The molecule has 1 aromatic rings. The molecule has 1 saturated carbocycles. The maximum atomic E-state index is 5.52. The maximum absolute atomic E-state index is 5.52. The summed E-state index contributed by atoms with van der Waals surface area (Å²) in [5.41, 5.74) is 2.71. The van der Waals surface area contributed by atoms with Crippen molar-refractivity contribution in [1.29, 1.82) is 0 Å². The Morgan fingerprint density at radius 2 is 1.94 bits per heavy atom. The normalized spacial score (nSPS) is 25.4. The van der Waals surface area contributed by atoms with Crippen LogP contribution in [0.3, 0.4) is 0 Å². The lowest BCUT2D eigenvalue weighted by molar-refractivity contribution is 0.403. The lowest BCUT2D eigenvalue weighted by Crippen LogP contribution is -2.12. The third kappa shape index (κ3) is 3.04. The Bertz CT molecular complexity index is 375. The first-order valence-electron chi connectivity index (χ1n) is 6.51. The van der Waals surface area contributed by atoms with Crippen molar-refractivity contribution in [1.82, 2.24) is 0 Å². The van der Waals surface area contributed by atoms with Crippen LogP contribution in [0.2, 0.25) is 0 Å². The predicted molar refractivity (Wildman–Crippen MR) is 76.3 cm³/mol. The van der Waals surface area contributed by atoms with Gasteiger partial charge in [0.05, 0.1) is 7.11 Å². The van der Waals surface area contributed by atoms with E-state index in [9.17, 15) is 0 Å². The van der Waals surface area contributed by atoms with E-state index in [4.69, 9.17) is 4.74 Å². The van der Waals surface area contributed by atoms with Crippen molar-refractivity contribution < 1.29 is 4.74 Å². The van der Waals surface area contributed by atoms with E-state index in [2.05, 4.69) is 41.1 Å². The van der Waals surface area contributed by atoms with Crippen LogP contribution in [0, 0.1) is 6.92 Å². The fourth-order valence-corrected chi connectivity index (χ4v) is 3.63. The molecule has 0 bridgehead atoms. The van der Waals surface area contributed by atoms with E-state index in [0.29, 0.717) is 10.7 Å². The highest BCUT2D eigenvalue weighted by Crippen LogP contribution is 2.40. The summed E-state index contributed by atoms with van der Waals surface area (Å²) in [6, 6.07) is 6.53. The number of aryl methyl sites for hydroxylation is 1. The van der Waals surface area contributed by atoms with E-state index in [1.807, 2.05) is 0 Å². The van der Waals surface area contributed by atoms with Gasteiger partial charge in [-0.25, -0.2) is 0 Å². The number of benzene rings is 1. The largest absolute Gasteiger partial charge is 0.496 e. The Kier molecular flexibility index (Phi) is 4.49. The van der Waals surface area contributed by atoms with E-state index in [-0.39, 0.29) is 0 Å². The van der Waals surface area contributed by atoms with Crippen LogP contribution in [-0.4, -0.2) is 11.9 Å². The first kappa shape index (κ1) is 12.9. The molecular weight excluding hydrogens is 276 g/mol. The number of methoxy groups -OCH3 is 1. The van der Waals surface area contributed by atoms with E-state index < -0.39 is 0 Å². The van der Waals surface area contributed by atoms with Crippen molar-refractivity contribution >= 4 is 15.9 Å². The molecule has 0 saturated heterocycles. The second kappa shape index (κ2) is 5.90. The molecule has 94 valence electrons. The highest BCUT2D eigenvalue weighted by molar-refractivity contribution is 9.09. The summed E-state index contributed by atoms with van der Waals surface area (Å²) >= 11 is 3.87. The average Bonchev–Trinajstić information content (AvgIpc) is 2.54. The summed E-state index contributed by atoms with van der Waals surface area (Å²) in [5.74, 6) is 1.65. The molecule has 0 aromatic heterocycles. The molecule has 2 atom stereocenters. The van der Waals surface area contributed by atoms with Gasteiger partial charge in [-0.3, -0.25) is 0 Å². The van der Waals surface area contributed by atoms with E-state index in [1.54, 1.807) is 7.11 Å². The molecule has 2 heteroatoms. The fourth-order valence-electron chi connectivity index (χ4n) is 2.76. The number of halogens is 1. The summed E-state index contributed by atoms with van der Waals surface area (Å²) in [6.45, 7) is 2.16. The predicted octanol–water partition coefficient (Wildman–Crippen LogP) is 4.81. The van der Waals surface area contributed by atoms with Gasteiger partial charge in [0.15, 0.2) is 0 Å². The van der Waals surface area contributed by atoms with Crippen molar-refractivity contribution in [2.75, 3.05) is 7.11 Å². The Morgan fingerprint density at radius 1 is 1.18 bits per heavy atom. The molecule has 2 unspecified atom stereocenters. The van der Waals surface area contributed by atoms with Gasteiger partial charge in [0.25, 0.3) is 0 Å². The SMILES string of the molecule is COc1ccc(C)cc1C1CCCCCC1Br. The third-order valence-electron chi connectivity index (χ3n) is 3.72. The monoisotopic (exact) mass is 296 g/mol. The summed E-state index contributed by atoms with van der Waals surface area (Å²) in [6.07, 6.45) is 6.61. The summed E-state index contributed by atoms with van der Waals surface area (Å²) in [5, 5.41) is 0. The number of rotatable bonds is 2. The van der Waals surface area contributed by atoms with Gasteiger partial charge in [-0.05, 0) is 31.4 Å². The Morgan fingerprint density at radius 3 is 2.71 bits per heavy atom. The van der Waals surface area contributed by atoms with Crippen LogP contribution in [0.1, 0.15) is 49.1 Å². The molecule has 0 N–H and O–H groups in total. The first-order valence-corrected chi connectivity index (χ1v) is 7.42. The fraction of sp³-hybridized carbons (Fsp3) is 0.600. The topological polar surface area (TPSA) is 9.23 Å². The molecule has 1 aliphatic rings. The van der Waals surface area contributed by atoms with Gasteiger partial charge in [0.1, 0.15) is 5.75 Å². The number of ether oxygens (including phenoxy) is 1. The van der Waals surface area contributed by atoms with E-state index in [0.717, 1.165) is 5.75 Å². The van der Waals surface area contributed by atoms with Gasteiger partial charge in [0, 0.05) is 10.7 Å². The number of hydrogen-bond acceptors (Lipinski definition) is 1. The van der Waals surface area contributed by atoms with Crippen LogP contribution < -0.4 is 4.74 Å². The van der Waals surface area contributed by atoms with Gasteiger partial charge in [0.2, 0.25) is 0 Å². The summed E-state index contributed by atoms with van der Waals surface area (Å²) < 4.78 is 5.52. The molecule has 0 aliphatic heterocycles. The van der Waals surface area contributed by atoms with Crippen LogP contribution in [0.5, 0.6) is 5.75 Å². The van der Waals surface area contributed by atoms with Gasteiger partial charge in [-0.2, -0.15) is 0 Å². The molecular formula is C15H21BrO. The van der Waals surface area contributed by atoms with Gasteiger partial charge >= 0.3 is 0 Å². The molecule has 1 aliphatic carbocycles. The number of hydrogen-bond donors (Lipinski definition) is 0. The van der Waals surface area contributed by atoms with E-state index >= 15 is 0 Å². The molecule has 17 heavy (non-hydrogen) atoms. The second-order valence-electron chi connectivity index (χ2n) is 5.01. The zero-order valence-electron chi connectivity index (χ0n) is 10.7. The molecule has 0 amide bonds. The molecule has 2 rings (SSSR count). The van der Waals surface area contributed by atoms with Crippen molar-refractivity contribution in [3.05, 3.63) is 29.3 Å². The molecule has 0 heterocycles. The highest BCUT2D eigenvalue weighted by atomic mass is 79.9. The first-order chi connectivity index (χ1) is 8.22. The molecule has 1 nitrogen and oxygen atoms in total. The Hall–Kier alpha value is -0.500. The van der Waals surface area contributed by atoms with Crippen LogP contribution in [-0.2, 0) is 0 Å². The minimum absolute atomic E-state index is 0.598. The minimum Gasteiger partial charge on any atom is -0.496 e. The quantitative estimate of drug-likeness (QED) is 0.562. The lowest BCUT2D eigenvalue weighted by Gasteiger charge is -2.23. The Balaban J connectivity index is 2.32.